The predicted molar refractivity (Wildman–Crippen MR) is 63.1 cm³/mol. The van der Waals surface area contributed by atoms with Gasteiger partial charge in [0, 0.05) is 24.0 Å². The number of carbonyl (C=O) groups excluding carboxylic acids is 1. The molecular formula is C13H18N2O. The van der Waals surface area contributed by atoms with Crippen molar-refractivity contribution in [1.82, 2.24) is 10.3 Å². The molecule has 86 valence electrons. The van der Waals surface area contributed by atoms with Crippen LogP contribution in [0.15, 0.2) is 24.5 Å². The lowest BCUT2D eigenvalue weighted by atomic mass is 9.87. The van der Waals surface area contributed by atoms with Crippen LogP contribution in [0.2, 0.25) is 0 Å². The zero-order valence-electron chi connectivity index (χ0n) is 9.65. The molecule has 3 nitrogen and oxygen atoms in total. The van der Waals surface area contributed by atoms with Crippen molar-refractivity contribution in [3.8, 4) is 0 Å². The Balaban J connectivity index is 1.92. The lowest BCUT2D eigenvalue weighted by Gasteiger charge is -2.27. The second-order valence-electron chi connectivity index (χ2n) is 4.68. The Morgan fingerprint density at radius 1 is 1.38 bits per heavy atom. The molecule has 2 rings (SSSR count). The molecule has 0 radical (unpaired) electrons. The van der Waals surface area contributed by atoms with Crippen LogP contribution in [0.4, 0.5) is 0 Å². The van der Waals surface area contributed by atoms with Gasteiger partial charge in [0.05, 0.1) is 0 Å². The SMILES string of the molecule is CC1CCCC(NC(=O)c2ccncc2)C1. The first kappa shape index (κ1) is 11.1. The van der Waals surface area contributed by atoms with Gasteiger partial charge in [0.15, 0.2) is 0 Å². The Hall–Kier alpha value is -1.38. The van der Waals surface area contributed by atoms with Crippen molar-refractivity contribution in [2.24, 2.45) is 5.92 Å². The van der Waals surface area contributed by atoms with Gasteiger partial charge in [0.25, 0.3) is 5.91 Å². The van der Waals surface area contributed by atoms with E-state index in [-0.39, 0.29) is 5.91 Å². The van der Waals surface area contributed by atoms with Crippen LogP contribution < -0.4 is 5.32 Å². The molecular weight excluding hydrogens is 200 g/mol. The van der Waals surface area contributed by atoms with Gasteiger partial charge in [0.1, 0.15) is 0 Å². The Morgan fingerprint density at radius 2 is 2.12 bits per heavy atom. The second-order valence-corrected chi connectivity index (χ2v) is 4.68. The maximum absolute atomic E-state index is 11.9. The molecule has 16 heavy (non-hydrogen) atoms. The van der Waals surface area contributed by atoms with E-state index in [0.717, 1.165) is 18.8 Å². The Bertz CT molecular complexity index is 350. The van der Waals surface area contributed by atoms with Crippen LogP contribution >= 0.6 is 0 Å². The molecule has 1 fully saturated rings. The number of amides is 1. The third kappa shape index (κ3) is 2.81. The first-order valence-electron chi connectivity index (χ1n) is 5.96. The summed E-state index contributed by atoms with van der Waals surface area (Å²) < 4.78 is 0. The van der Waals surface area contributed by atoms with E-state index in [4.69, 9.17) is 0 Å². The highest BCUT2D eigenvalue weighted by molar-refractivity contribution is 5.94. The third-order valence-corrected chi connectivity index (χ3v) is 3.21. The van der Waals surface area contributed by atoms with Crippen LogP contribution in [-0.4, -0.2) is 16.9 Å². The lowest BCUT2D eigenvalue weighted by molar-refractivity contribution is 0.0921. The monoisotopic (exact) mass is 218 g/mol. The fourth-order valence-electron chi connectivity index (χ4n) is 2.34. The van der Waals surface area contributed by atoms with Gasteiger partial charge in [-0.3, -0.25) is 9.78 Å². The maximum Gasteiger partial charge on any atom is 0.251 e. The van der Waals surface area contributed by atoms with Crippen LogP contribution in [-0.2, 0) is 0 Å². The van der Waals surface area contributed by atoms with E-state index in [1.54, 1.807) is 24.5 Å². The Morgan fingerprint density at radius 3 is 2.81 bits per heavy atom. The average Bonchev–Trinajstić information content (AvgIpc) is 2.30. The summed E-state index contributed by atoms with van der Waals surface area (Å²) in [6.45, 7) is 2.25. The molecule has 2 atom stereocenters. The number of carbonyl (C=O) groups is 1. The summed E-state index contributed by atoms with van der Waals surface area (Å²) in [6, 6.07) is 3.85. The molecule has 1 aliphatic carbocycles. The standard InChI is InChI=1S/C13H18N2O/c1-10-3-2-4-12(9-10)15-13(16)11-5-7-14-8-6-11/h5-8,10,12H,2-4,9H2,1H3,(H,15,16). The van der Waals surface area contributed by atoms with E-state index in [1.165, 1.54) is 12.8 Å². The van der Waals surface area contributed by atoms with E-state index in [9.17, 15) is 4.79 Å². The van der Waals surface area contributed by atoms with Crippen LogP contribution in [0.25, 0.3) is 0 Å². The number of hydrogen-bond donors (Lipinski definition) is 1. The molecule has 1 heterocycles. The van der Waals surface area contributed by atoms with Gasteiger partial charge < -0.3 is 5.32 Å². The summed E-state index contributed by atoms with van der Waals surface area (Å²) in [6.07, 6.45) is 8.04. The predicted octanol–water partition coefficient (Wildman–Crippen LogP) is 2.39. The molecule has 0 spiro atoms. The first-order chi connectivity index (χ1) is 7.75. The summed E-state index contributed by atoms with van der Waals surface area (Å²) in [4.78, 5) is 15.8. The second kappa shape index (κ2) is 5.10. The number of hydrogen-bond acceptors (Lipinski definition) is 2. The van der Waals surface area contributed by atoms with Gasteiger partial charge in [0.2, 0.25) is 0 Å². The van der Waals surface area contributed by atoms with Crippen molar-refractivity contribution in [2.75, 3.05) is 0 Å². The molecule has 0 aliphatic heterocycles. The number of nitrogens with zero attached hydrogens (tertiary/aromatic N) is 1. The fraction of sp³-hybridized carbons (Fsp3) is 0.538. The van der Waals surface area contributed by atoms with Crippen LogP contribution in [0.3, 0.4) is 0 Å². The quantitative estimate of drug-likeness (QED) is 0.828. The molecule has 2 unspecified atom stereocenters. The molecule has 0 aromatic carbocycles. The van der Waals surface area contributed by atoms with Crippen molar-refractivity contribution < 1.29 is 4.79 Å². The summed E-state index contributed by atoms with van der Waals surface area (Å²) in [5.41, 5.74) is 0.702. The Kier molecular flexibility index (Phi) is 3.54. The average molecular weight is 218 g/mol. The largest absolute Gasteiger partial charge is 0.349 e. The van der Waals surface area contributed by atoms with Crippen molar-refractivity contribution in [2.45, 2.75) is 38.6 Å². The highest BCUT2D eigenvalue weighted by Crippen LogP contribution is 2.23. The molecule has 1 amide bonds. The van der Waals surface area contributed by atoms with Crippen LogP contribution in [0, 0.1) is 5.92 Å². The highest BCUT2D eigenvalue weighted by atomic mass is 16.1. The normalized spacial score (nSPS) is 25.1. The van der Waals surface area contributed by atoms with E-state index < -0.39 is 0 Å². The number of nitrogens with one attached hydrogen (secondary N) is 1. The molecule has 0 bridgehead atoms. The maximum atomic E-state index is 11.9. The van der Waals surface area contributed by atoms with Crippen molar-refractivity contribution in [1.29, 1.82) is 0 Å². The van der Waals surface area contributed by atoms with Gasteiger partial charge in [-0.2, -0.15) is 0 Å². The van der Waals surface area contributed by atoms with E-state index in [1.807, 2.05) is 0 Å². The zero-order chi connectivity index (χ0) is 11.4. The van der Waals surface area contributed by atoms with Gasteiger partial charge in [-0.1, -0.05) is 19.8 Å². The van der Waals surface area contributed by atoms with E-state index >= 15 is 0 Å². The highest BCUT2D eigenvalue weighted by Gasteiger charge is 2.20. The summed E-state index contributed by atoms with van der Waals surface area (Å²) in [5, 5.41) is 3.10. The minimum atomic E-state index is 0.0292. The van der Waals surface area contributed by atoms with Crippen LogP contribution in [0.1, 0.15) is 43.0 Å². The molecule has 1 aromatic rings. The summed E-state index contributed by atoms with van der Waals surface area (Å²) in [5.74, 6) is 0.762. The molecule has 1 N–H and O–H groups in total. The minimum absolute atomic E-state index is 0.0292. The first-order valence-corrected chi connectivity index (χ1v) is 5.96. The third-order valence-electron chi connectivity index (χ3n) is 3.21. The van der Waals surface area contributed by atoms with Gasteiger partial charge in [-0.25, -0.2) is 0 Å². The number of aromatic nitrogens is 1. The molecule has 3 heteroatoms. The molecule has 1 aromatic heterocycles. The minimum Gasteiger partial charge on any atom is -0.349 e. The molecule has 0 saturated heterocycles. The van der Waals surface area contributed by atoms with Gasteiger partial charge >= 0.3 is 0 Å². The van der Waals surface area contributed by atoms with Crippen LogP contribution in [0.5, 0.6) is 0 Å². The van der Waals surface area contributed by atoms with Crippen molar-refractivity contribution >= 4 is 5.91 Å². The van der Waals surface area contributed by atoms with Gasteiger partial charge in [-0.05, 0) is 30.9 Å². The fourth-order valence-corrected chi connectivity index (χ4v) is 2.34. The van der Waals surface area contributed by atoms with E-state index in [0.29, 0.717) is 11.6 Å². The zero-order valence-corrected chi connectivity index (χ0v) is 9.65. The molecule has 1 saturated carbocycles. The topological polar surface area (TPSA) is 42.0 Å². The van der Waals surface area contributed by atoms with E-state index in [2.05, 4.69) is 17.2 Å². The molecule has 1 aliphatic rings. The van der Waals surface area contributed by atoms with Gasteiger partial charge in [-0.15, -0.1) is 0 Å². The summed E-state index contributed by atoms with van der Waals surface area (Å²) in [7, 11) is 0. The Labute approximate surface area is 96.3 Å². The number of pyridine rings is 1. The number of rotatable bonds is 2. The van der Waals surface area contributed by atoms with Crippen molar-refractivity contribution in [3.63, 3.8) is 0 Å². The smallest absolute Gasteiger partial charge is 0.251 e. The lowest BCUT2D eigenvalue weighted by Crippen LogP contribution is -2.37. The summed E-state index contributed by atoms with van der Waals surface area (Å²) >= 11 is 0. The van der Waals surface area contributed by atoms with Crippen molar-refractivity contribution in [3.05, 3.63) is 30.1 Å².